The molecule has 4 nitrogen and oxygen atoms in total. The van der Waals surface area contributed by atoms with Crippen LogP contribution in [-0.2, 0) is 0 Å². The second-order valence-electron chi connectivity index (χ2n) is 4.32. The highest BCUT2D eigenvalue weighted by molar-refractivity contribution is 14.1. The third kappa shape index (κ3) is 1.76. The molecule has 1 N–H and O–H groups in total. The number of fused-ring (bicyclic) bond motifs is 2. The van der Waals surface area contributed by atoms with E-state index in [2.05, 4.69) is 38.6 Å². The minimum absolute atomic E-state index is 0.297. The molecule has 0 radical (unpaired) electrons. The first-order chi connectivity index (χ1) is 9.31. The van der Waals surface area contributed by atoms with Gasteiger partial charge >= 0.3 is 0 Å². The van der Waals surface area contributed by atoms with Gasteiger partial charge in [0.1, 0.15) is 5.65 Å². The van der Waals surface area contributed by atoms with Crippen molar-refractivity contribution in [2.75, 3.05) is 6.79 Å². The zero-order chi connectivity index (χ0) is 12.8. The Kier molecular flexibility index (Phi) is 2.41. The zero-order valence-corrected chi connectivity index (χ0v) is 12.0. The number of nitrogens with one attached hydrogen (secondary N) is 1. The summed E-state index contributed by atoms with van der Waals surface area (Å²) in [6.07, 6.45) is 3.83. The van der Waals surface area contributed by atoms with Crippen LogP contribution in [0, 0.1) is 3.57 Å². The number of halogens is 1. The molecule has 0 aliphatic carbocycles. The van der Waals surface area contributed by atoms with Gasteiger partial charge in [0.15, 0.2) is 11.5 Å². The summed E-state index contributed by atoms with van der Waals surface area (Å²) in [5.74, 6) is 1.59. The Morgan fingerprint density at radius 1 is 1.11 bits per heavy atom. The Hall–Kier alpha value is -1.76. The van der Waals surface area contributed by atoms with Crippen LogP contribution in [-0.4, -0.2) is 16.8 Å². The summed E-state index contributed by atoms with van der Waals surface area (Å²) in [5, 5.41) is 1.13. The molecule has 5 heteroatoms. The predicted octanol–water partition coefficient (Wildman–Crippen LogP) is 3.56. The summed E-state index contributed by atoms with van der Waals surface area (Å²) in [6.45, 7) is 0.297. The highest BCUT2D eigenvalue weighted by Gasteiger charge is 2.14. The van der Waals surface area contributed by atoms with Crippen molar-refractivity contribution in [1.82, 2.24) is 9.97 Å². The number of hydrogen-bond acceptors (Lipinski definition) is 3. The molecule has 0 amide bonds. The number of aromatic nitrogens is 2. The zero-order valence-electron chi connectivity index (χ0n) is 9.81. The third-order valence-electron chi connectivity index (χ3n) is 3.19. The molecule has 0 bridgehead atoms. The molecular weight excluding hydrogens is 355 g/mol. The molecular formula is C14H9IN2O2. The number of hydrogen-bond donors (Lipinski definition) is 1. The van der Waals surface area contributed by atoms with E-state index in [1.54, 1.807) is 0 Å². The van der Waals surface area contributed by atoms with Gasteiger partial charge in [0.25, 0.3) is 0 Å². The lowest BCUT2D eigenvalue weighted by atomic mass is 10.1. The quantitative estimate of drug-likeness (QED) is 0.672. The Bertz CT molecular complexity index is 782. The van der Waals surface area contributed by atoms with Crippen molar-refractivity contribution in [1.29, 1.82) is 0 Å². The number of H-pyrrole nitrogens is 1. The van der Waals surface area contributed by atoms with Gasteiger partial charge in [-0.3, -0.25) is 0 Å². The lowest BCUT2D eigenvalue weighted by Crippen LogP contribution is -1.92. The second-order valence-corrected chi connectivity index (χ2v) is 5.49. The summed E-state index contributed by atoms with van der Waals surface area (Å²) in [5.41, 5.74) is 3.06. The Morgan fingerprint density at radius 3 is 2.95 bits per heavy atom. The predicted molar refractivity (Wildman–Crippen MR) is 80.4 cm³/mol. The van der Waals surface area contributed by atoms with Gasteiger partial charge in [-0.2, -0.15) is 0 Å². The van der Waals surface area contributed by atoms with Crippen molar-refractivity contribution in [2.45, 2.75) is 0 Å². The minimum atomic E-state index is 0.297. The van der Waals surface area contributed by atoms with E-state index < -0.39 is 0 Å². The van der Waals surface area contributed by atoms with Gasteiger partial charge in [0.2, 0.25) is 6.79 Å². The Labute approximate surface area is 122 Å². The largest absolute Gasteiger partial charge is 0.454 e. The van der Waals surface area contributed by atoms with Gasteiger partial charge in [-0.15, -0.1) is 0 Å². The molecule has 1 aliphatic heterocycles. The van der Waals surface area contributed by atoms with Crippen LogP contribution in [0.4, 0.5) is 0 Å². The fourth-order valence-electron chi connectivity index (χ4n) is 2.21. The number of pyridine rings is 1. The van der Waals surface area contributed by atoms with Gasteiger partial charge in [-0.1, -0.05) is 6.07 Å². The van der Waals surface area contributed by atoms with Crippen LogP contribution in [0.15, 0.2) is 36.7 Å². The van der Waals surface area contributed by atoms with Gasteiger partial charge in [-0.25, -0.2) is 4.98 Å². The Balaban J connectivity index is 1.87. The van der Waals surface area contributed by atoms with E-state index in [0.29, 0.717) is 6.79 Å². The summed E-state index contributed by atoms with van der Waals surface area (Å²) < 4.78 is 11.9. The number of rotatable bonds is 1. The molecule has 0 saturated carbocycles. The summed E-state index contributed by atoms with van der Waals surface area (Å²) in [4.78, 5) is 7.58. The van der Waals surface area contributed by atoms with Crippen LogP contribution in [0.3, 0.4) is 0 Å². The van der Waals surface area contributed by atoms with Gasteiger partial charge in [0, 0.05) is 26.9 Å². The van der Waals surface area contributed by atoms with E-state index in [9.17, 15) is 0 Å². The van der Waals surface area contributed by atoms with Crippen molar-refractivity contribution in [3.63, 3.8) is 0 Å². The van der Waals surface area contributed by atoms with E-state index in [4.69, 9.17) is 9.47 Å². The summed E-state index contributed by atoms with van der Waals surface area (Å²) in [6, 6.07) is 8.09. The fourth-order valence-corrected chi connectivity index (χ4v) is 2.77. The van der Waals surface area contributed by atoms with E-state index in [0.717, 1.165) is 33.7 Å². The van der Waals surface area contributed by atoms with Gasteiger partial charge < -0.3 is 14.5 Å². The van der Waals surface area contributed by atoms with Crippen LogP contribution in [0.2, 0.25) is 0 Å². The molecule has 0 spiro atoms. The molecule has 2 aromatic heterocycles. The first kappa shape index (κ1) is 11.1. The Morgan fingerprint density at radius 2 is 2.00 bits per heavy atom. The molecule has 4 rings (SSSR count). The van der Waals surface area contributed by atoms with E-state index in [1.165, 1.54) is 3.57 Å². The number of nitrogens with zero attached hydrogens (tertiary/aromatic N) is 1. The molecule has 19 heavy (non-hydrogen) atoms. The smallest absolute Gasteiger partial charge is 0.231 e. The monoisotopic (exact) mass is 364 g/mol. The van der Waals surface area contributed by atoms with Crippen molar-refractivity contribution >= 4 is 33.6 Å². The van der Waals surface area contributed by atoms with E-state index in [-0.39, 0.29) is 0 Å². The number of aromatic amines is 1. The SMILES string of the molecule is Ic1c[nH]c2ncc(-c3ccc4c(c3)OCO4)cc12. The molecule has 3 heterocycles. The lowest BCUT2D eigenvalue weighted by Gasteiger charge is -2.03. The number of benzene rings is 1. The maximum Gasteiger partial charge on any atom is 0.231 e. The first-order valence-corrected chi connectivity index (χ1v) is 6.92. The van der Waals surface area contributed by atoms with Gasteiger partial charge in [0.05, 0.1) is 0 Å². The third-order valence-corrected chi connectivity index (χ3v) is 4.08. The highest BCUT2D eigenvalue weighted by atomic mass is 127. The van der Waals surface area contributed by atoms with Crippen molar-refractivity contribution in [2.24, 2.45) is 0 Å². The van der Waals surface area contributed by atoms with Crippen molar-refractivity contribution in [3.05, 3.63) is 40.2 Å². The van der Waals surface area contributed by atoms with Crippen LogP contribution in [0.1, 0.15) is 0 Å². The van der Waals surface area contributed by atoms with E-state index in [1.807, 2.05) is 30.6 Å². The highest BCUT2D eigenvalue weighted by Crippen LogP contribution is 2.36. The average Bonchev–Trinajstić information content (AvgIpc) is 3.05. The molecule has 0 saturated heterocycles. The van der Waals surface area contributed by atoms with Gasteiger partial charge in [-0.05, 0) is 46.4 Å². The molecule has 1 aliphatic rings. The summed E-state index contributed by atoms with van der Waals surface area (Å²) in [7, 11) is 0. The van der Waals surface area contributed by atoms with Crippen molar-refractivity contribution in [3.8, 4) is 22.6 Å². The van der Waals surface area contributed by atoms with Crippen LogP contribution < -0.4 is 9.47 Å². The van der Waals surface area contributed by atoms with E-state index >= 15 is 0 Å². The normalized spacial score (nSPS) is 13.1. The summed E-state index contributed by atoms with van der Waals surface area (Å²) >= 11 is 2.30. The van der Waals surface area contributed by atoms with Crippen molar-refractivity contribution < 1.29 is 9.47 Å². The molecule has 94 valence electrons. The average molecular weight is 364 g/mol. The second kappa shape index (κ2) is 4.12. The lowest BCUT2D eigenvalue weighted by molar-refractivity contribution is 0.174. The van der Waals surface area contributed by atoms with Crippen LogP contribution in [0.5, 0.6) is 11.5 Å². The van der Waals surface area contributed by atoms with Crippen LogP contribution >= 0.6 is 22.6 Å². The molecule has 0 atom stereocenters. The molecule has 0 fully saturated rings. The molecule has 1 aromatic carbocycles. The maximum absolute atomic E-state index is 5.41. The fraction of sp³-hybridized carbons (Fsp3) is 0.0714. The first-order valence-electron chi connectivity index (χ1n) is 5.84. The molecule has 0 unspecified atom stereocenters. The topological polar surface area (TPSA) is 47.1 Å². The molecule has 3 aromatic rings. The van der Waals surface area contributed by atoms with Crippen LogP contribution in [0.25, 0.3) is 22.2 Å². The maximum atomic E-state index is 5.41. The minimum Gasteiger partial charge on any atom is -0.454 e. The standard InChI is InChI=1S/C14H9IN2O2/c15-11-6-17-14-10(11)3-9(5-16-14)8-1-2-12-13(4-8)19-7-18-12/h1-6H,7H2,(H,16,17). The number of ether oxygens (including phenoxy) is 2.